The Morgan fingerprint density at radius 1 is 1.03 bits per heavy atom. The maximum atomic E-state index is 12.4. The van der Waals surface area contributed by atoms with Crippen LogP contribution in [-0.4, -0.2) is 20.9 Å². The lowest BCUT2D eigenvalue weighted by Crippen LogP contribution is -2.24. The summed E-state index contributed by atoms with van der Waals surface area (Å²) in [6.45, 7) is -2.64. The highest BCUT2D eigenvalue weighted by Crippen LogP contribution is 2.16. The summed E-state index contributed by atoms with van der Waals surface area (Å²) in [4.78, 5) is 13.2. The molecule has 2 N–H and O–H groups in total. The van der Waals surface area contributed by atoms with E-state index in [0.29, 0.717) is 5.56 Å². The van der Waals surface area contributed by atoms with Gasteiger partial charge in [-0.1, -0.05) is 18.2 Å². The molecule has 3 aromatic rings. The van der Waals surface area contributed by atoms with Crippen LogP contribution >= 0.6 is 11.3 Å². The molecule has 0 atom stereocenters. The third-order valence-corrected chi connectivity index (χ3v) is 6.31. The van der Waals surface area contributed by atoms with Crippen LogP contribution in [0.1, 0.15) is 20.8 Å². The van der Waals surface area contributed by atoms with Gasteiger partial charge >= 0.3 is 6.61 Å². The summed E-state index contributed by atoms with van der Waals surface area (Å²) in [6, 6.07) is 15.2. The largest absolute Gasteiger partial charge is 0.435 e. The maximum Gasteiger partial charge on any atom is 0.387 e. The molecule has 2 aromatic carbocycles. The third kappa shape index (κ3) is 6.09. The lowest BCUT2D eigenvalue weighted by molar-refractivity contribution is -0.0498. The smallest absolute Gasteiger partial charge is 0.387 e. The van der Waals surface area contributed by atoms with E-state index in [4.69, 9.17) is 0 Å². The molecule has 0 aliphatic rings. The number of halogens is 2. The second-order valence-electron chi connectivity index (χ2n) is 6.14. The van der Waals surface area contributed by atoms with Gasteiger partial charge < -0.3 is 10.1 Å². The number of alkyl halides is 2. The summed E-state index contributed by atoms with van der Waals surface area (Å²) in [5.41, 5.74) is 0.852. The van der Waals surface area contributed by atoms with Gasteiger partial charge in [0.05, 0.1) is 4.90 Å². The van der Waals surface area contributed by atoms with E-state index in [1.165, 1.54) is 47.7 Å². The molecular formula is C20H18F2N2O4S2. The average Bonchev–Trinajstić information content (AvgIpc) is 3.24. The normalized spacial score (nSPS) is 11.4. The molecule has 0 unspecified atom stereocenters. The number of amides is 1. The first-order chi connectivity index (χ1) is 14.3. The molecule has 6 nitrogen and oxygen atoms in total. The molecule has 1 aromatic heterocycles. The molecule has 0 spiro atoms. The topological polar surface area (TPSA) is 84.5 Å². The van der Waals surface area contributed by atoms with E-state index in [2.05, 4.69) is 14.8 Å². The summed E-state index contributed by atoms with van der Waals surface area (Å²) in [5.74, 6) is -0.424. The Morgan fingerprint density at radius 3 is 2.47 bits per heavy atom. The van der Waals surface area contributed by atoms with Crippen LogP contribution in [0.5, 0.6) is 5.75 Å². The Bertz CT molecular complexity index is 1090. The number of benzene rings is 2. The number of sulfonamides is 1. The minimum absolute atomic E-state index is 0.00126. The Kier molecular flexibility index (Phi) is 7.14. The molecule has 1 heterocycles. The number of hydrogen-bond donors (Lipinski definition) is 2. The number of thiophene rings is 1. The summed E-state index contributed by atoms with van der Waals surface area (Å²) in [5, 5.41) is 4.51. The summed E-state index contributed by atoms with van der Waals surface area (Å²) < 4.78 is 56.1. The Morgan fingerprint density at radius 2 is 1.80 bits per heavy atom. The molecule has 30 heavy (non-hydrogen) atoms. The van der Waals surface area contributed by atoms with Gasteiger partial charge in [0.25, 0.3) is 5.91 Å². The van der Waals surface area contributed by atoms with Gasteiger partial charge in [-0.05, 0) is 53.4 Å². The number of nitrogens with one attached hydrogen (secondary N) is 2. The molecule has 0 fully saturated rings. The summed E-state index contributed by atoms with van der Waals surface area (Å²) in [7, 11) is -3.70. The predicted octanol–water partition coefficient (Wildman–Crippen LogP) is 3.76. The molecule has 0 bridgehead atoms. The lowest BCUT2D eigenvalue weighted by Gasteiger charge is -2.09. The highest BCUT2D eigenvalue weighted by atomic mass is 32.2. The van der Waals surface area contributed by atoms with E-state index in [1.807, 2.05) is 17.5 Å². The zero-order valence-corrected chi connectivity index (χ0v) is 17.2. The summed E-state index contributed by atoms with van der Waals surface area (Å²) in [6.07, 6.45) is 0. The predicted molar refractivity (Wildman–Crippen MR) is 109 cm³/mol. The molecule has 10 heteroatoms. The number of ether oxygens (including phenoxy) is 1. The second kappa shape index (κ2) is 9.79. The van der Waals surface area contributed by atoms with Gasteiger partial charge in [-0.3, -0.25) is 4.79 Å². The van der Waals surface area contributed by atoms with Crippen LogP contribution in [0.2, 0.25) is 0 Å². The summed E-state index contributed by atoms with van der Waals surface area (Å²) >= 11 is 1.45. The minimum Gasteiger partial charge on any atom is -0.435 e. The monoisotopic (exact) mass is 452 g/mol. The van der Waals surface area contributed by atoms with Gasteiger partial charge in [0.2, 0.25) is 10.0 Å². The average molecular weight is 453 g/mol. The fraction of sp³-hybridized carbons (Fsp3) is 0.150. The van der Waals surface area contributed by atoms with Crippen LogP contribution in [0.3, 0.4) is 0 Å². The van der Waals surface area contributed by atoms with Gasteiger partial charge in [-0.25, -0.2) is 13.1 Å². The van der Waals surface area contributed by atoms with Crippen LogP contribution in [-0.2, 0) is 23.1 Å². The van der Waals surface area contributed by atoms with E-state index in [1.54, 1.807) is 12.1 Å². The lowest BCUT2D eigenvalue weighted by atomic mass is 10.2. The molecule has 0 aliphatic carbocycles. The van der Waals surface area contributed by atoms with E-state index < -0.39 is 22.5 Å². The second-order valence-corrected chi connectivity index (χ2v) is 8.94. The zero-order valence-electron chi connectivity index (χ0n) is 15.5. The Balaban J connectivity index is 1.58. The van der Waals surface area contributed by atoms with Gasteiger partial charge in [-0.15, -0.1) is 11.3 Å². The first-order valence-corrected chi connectivity index (χ1v) is 11.1. The molecule has 158 valence electrons. The molecule has 0 radical (unpaired) electrons. The first-order valence-electron chi connectivity index (χ1n) is 8.77. The van der Waals surface area contributed by atoms with Crippen LogP contribution in [0.15, 0.2) is 70.9 Å². The van der Waals surface area contributed by atoms with Crippen LogP contribution in [0.25, 0.3) is 0 Å². The van der Waals surface area contributed by atoms with Crippen molar-refractivity contribution in [3.8, 4) is 5.75 Å². The highest BCUT2D eigenvalue weighted by Gasteiger charge is 2.15. The van der Waals surface area contributed by atoms with Crippen molar-refractivity contribution in [3.63, 3.8) is 0 Å². The molecule has 1 amide bonds. The van der Waals surface area contributed by atoms with Gasteiger partial charge in [0, 0.05) is 23.5 Å². The van der Waals surface area contributed by atoms with Crippen molar-refractivity contribution in [2.45, 2.75) is 24.6 Å². The van der Waals surface area contributed by atoms with Crippen molar-refractivity contribution in [2.24, 2.45) is 0 Å². The number of hydrogen-bond acceptors (Lipinski definition) is 5. The fourth-order valence-electron chi connectivity index (χ4n) is 2.56. The molecule has 0 saturated carbocycles. The number of rotatable bonds is 9. The quantitative estimate of drug-likeness (QED) is 0.518. The highest BCUT2D eigenvalue weighted by molar-refractivity contribution is 7.89. The van der Waals surface area contributed by atoms with Crippen molar-refractivity contribution >= 4 is 27.3 Å². The van der Waals surface area contributed by atoms with Gasteiger partial charge in [-0.2, -0.15) is 8.78 Å². The fourth-order valence-corrected chi connectivity index (χ4v) is 4.31. The van der Waals surface area contributed by atoms with Crippen molar-refractivity contribution < 1.29 is 26.7 Å². The standard InChI is InChI=1S/C20H18F2N2O4S2/c21-20(22)28-16-4-1-3-14(11-16)12-23-19(25)15-6-8-18(9-7-15)30(26,27)24-13-17-5-2-10-29-17/h1-11,20,24H,12-13H2,(H,23,25). The van der Waals surface area contributed by atoms with Crippen LogP contribution in [0.4, 0.5) is 8.78 Å². The Labute approximate surface area is 176 Å². The molecule has 0 aliphatic heterocycles. The van der Waals surface area contributed by atoms with E-state index in [0.717, 1.165) is 4.88 Å². The molecular weight excluding hydrogens is 434 g/mol. The van der Waals surface area contributed by atoms with Crippen LogP contribution in [0, 0.1) is 0 Å². The maximum absolute atomic E-state index is 12.4. The van der Waals surface area contributed by atoms with Crippen molar-refractivity contribution in [1.29, 1.82) is 0 Å². The van der Waals surface area contributed by atoms with Gasteiger partial charge in [0.15, 0.2) is 0 Å². The van der Waals surface area contributed by atoms with Crippen LogP contribution < -0.4 is 14.8 Å². The van der Waals surface area contributed by atoms with Crippen molar-refractivity contribution in [1.82, 2.24) is 10.0 Å². The van der Waals surface area contributed by atoms with Crippen molar-refractivity contribution in [3.05, 3.63) is 82.0 Å². The van der Waals surface area contributed by atoms with E-state index in [9.17, 15) is 22.0 Å². The van der Waals surface area contributed by atoms with E-state index in [-0.39, 0.29) is 29.3 Å². The SMILES string of the molecule is O=C(NCc1cccc(OC(F)F)c1)c1ccc(S(=O)(=O)NCc2cccs2)cc1. The number of carbonyl (C=O) groups is 1. The third-order valence-electron chi connectivity index (χ3n) is 4.02. The first kappa shape index (κ1) is 21.9. The molecule has 0 saturated heterocycles. The molecule has 3 rings (SSSR count). The Hall–Kier alpha value is -2.82. The minimum atomic E-state index is -3.70. The zero-order chi connectivity index (χ0) is 21.6. The van der Waals surface area contributed by atoms with Gasteiger partial charge in [0.1, 0.15) is 5.75 Å². The van der Waals surface area contributed by atoms with E-state index >= 15 is 0 Å². The van der Waals surface area contributed by atoms with Crippen molar-refractivity contribution in [2.75, 3.05) is 0 Å². The number of carbonyl (C=O) groups excluding carboxylic acids is 1.